The molecular weight excluding hydrogens is 245 g/mol. The van der Waals surface area contributed by atoms with Crippen molar-refractivity contribution >= 4 is 11.9 Å². The molecule has 5 heteroatoms. The van der Waals surface area contributed by atoms with E-state index in [1.54, 1.807) is 19.3 Å². The van der Waals surface area contributed by atoms with E-state index in [1.165, 1.54) is 41.2 Å². The van der Waals surface area contributed by atoms with Gasteiger partial charge in [0.05, 0.1) is 17.3 Å². The number of ketones is 1. The molecule has 19 heavy (non-hydrogen) atoms. The summed E-state index contributed by atoms with van der Waals surface area (Å²) in [6.45, 7) is 0. The largest absolute Gasteiger partial charge is 0.289 e. The zero-order valence-corrected chi connectivity index (χ0v) is 10.2. The zero-order chi connectivity index (χ0) is 13.8. The van der Waals surface area contributed by atoms with Crippen molar-refractivity contribution in [1.82, 2.24) is 9.78 Å². The highest BCUT2D eigenvalue weighted by Gasteiger charge is 2.04. The second kappa shape index (κ2) is 5.27. The van der Waals surface area contributed by atoms with Crippen LogP contribution in [0.15, 0.2) is 36.7 Å². The fourth-order valence-electron chi connectivity index (χ4n) is 1.55. The molecule has 0 atom stereocenters. The Kier molecular flexibility index (Phi) is 3.53. The summed E-state index contributed by atoms with van der Waals surface area (Å²) in [6, 6.07) is 5.85. The van der Waals surface area contributed by atoms with E-state index in [2.05, 4.69) is 5.10 Å². The number of halogens is 1. The number of allylic oxidation sites excluding steroid dienone is 1. The summed E-state index contributed by atoms with van der Waals surface area (Å²) in [4.78, 5) is 11.8. The van der Waals surface area contributed by atoms with Gasteiger partial charge in [-0.1, -0.05) is 12.1 Å². The summed E-state index contributed by atoms with van der Waals surface area (Å²) in [7, 11) is 1.72. The first kappa shape index (κ1) is 12.7. The van der Waals surface area contributed by atoms with Crippen LogP contribution in [-0.2, 0) is 7.05 Å². The lowest BCUT2D eigenvalue weighted by Gasteiger charge is -1.96. The minimum Gasteiger partial charge on any atom is -0.289 e. The molecule has 0 saturated carbocycles. The van der Waals surface area contributed by atoms with Crippen LogP contribution in [0.5, 0.6) is 0 Å². The van der Waals surface area contributed by atoms with Crippen molar-refractivity contribution in [3.63, 3.8) is 0 Å². The number of rotatable bonds is 3. The maximum atomic E-state index is 13.1. The number of nitriles is 1. The highest BCUT2D eigenvalue weighted by molar-refractivity contribution is 6.06. The lowest BCUT2D eigenvalue weighted by Crippen LogP contribution is -1.92. The second-order valence-electron chi connectivity index (χ2n) is 3.95. The van der Waals surface area contributed by atoms with Crippen LogP contribution < -0.4 is 0 Å². The van der Waals surface area contributed by atoms with Crippen molar-refractivity contribution in [2.24, 2.45) is 7.05 Å². The summed E-state index contributed by atoms with van der Waals surface area (Å²) in [5.41, 5.74) is 1.02. The average Bonchev–Trinajstić information content (AvgIpc) is 2.84. The first-order chi connectivity index (χ1) is 9.10. The summed E-state index contributed by atoms with van der Waals surface area (Å²) in [6.07, 6.45) is 5.98. The van der Waals surface area contributed by atoms with E-state index in [0.29, 0.717) is 11.1 Å². The van der Waals surface area contributed by atoms with E-state index in [-0.39, 0.29) is 11.3 Å². The number of aromatic nitrogens is 2. The number of carbonyl (C=O) groups is 1. The van der Waals surface area contributed by atoms with Crippen molar-refractivity contribution < 1.29 is 9.18 Å². The molecule has 2 rings (SSSR count). The van der Waals surface area contributed by atoms with Crippen molar-refractivity contribution in [3.8, 4) is 6.07 Å². The monoisotopic (exact) mass is 255 g/mol. The van der Waals surface area contributed by atoms with E-state index in [0.717, 1.165) is 0 Å². The molecule has 0 unspecified atom stereocenters. The molecule has 0 radical (unpaired) electrons. The maximum Gasteiger partial charge on any atom is 0.189 e. The van der Waals surface area contributed by atoms with E-state index < -0.39 is 5.82 Å². The minimum absolute atomic E-state index is 0.0454. The molecule has 1 heterocycles. The fraction of sp³-hybridized carbons (Fsp3) is 0.0714. The first-order valence-electron chi connectivity index (χ1n) is 5.51. The number of hydrogen-bond donors (Lipinski definition) is 0. The molecule has 0 bridgehead atoms. The summed E-state index contributed by atoms with van der Waals surface area (Å²) >= 11 is 0. The van der Waals surface area contributed by atoms with Crippen molar-refractivity contribution in [3.05, 3.63) is 59.2 Å². The van der Waals surface area contributed by atoms with Crippen LogP contribution in [0, 0.1) is 17.1 Å². The quantitative estimate of drug-likeness (QED) is 0.624. The standard InChI is InChI=1S/C14H10FN3O/c1-18-9-12(8-17-18)14(19)5-3-10-2-4-13(15)11(6-10)7-16/h2-6,8-9H,1H3. The first-order valence-corrected chi connectivity index (χ1v) is 5.51. The summed E-state index contributed by atoms with van der Waals surface area (Å²) < 4.78 is 14.6. The molecule has 1 aromatic carbocycles. The Balaban J connectivity index is 2.19. The van der Waals surface area contributed by atoms with Crippen LogP contribution >= 0.6 is 0 Å². The van der Waals surface area contributed by atoms with Gasteiger partial charge in [0.15, 0.2) is 5.78 Å². The zero-order valence-electron chi connectivity index (χ0n) is 10.2. The van der Waals surface area contributed by atoms with E-state index in [4.69, 9.17) is 5.26 Å². The smallest absolute Gasteiger partial charge is 0.189 e. The third kappa shape index (κ3) is 2.93. The van der Waals surface area contributed by atoms with Crippen molar-refractivity contribution in [2.45, 2.75) is 0 Å². The Bertz CT molecular complexity index is 695. The van der Waals surface area contributed by atoms with Crippen LogP contribution in [0.25, 0.3) is 6.08 Å². The van der Waals surface area contributed by atoms with Crippen LogP contribution in [0.2, 0.25) is 0 Å². The maximum absolute atomic E-state index is 13.1. The van der Waals surface area contributed by atoms with Gasteiger partial charge < -0.3 is 0 Å². The molecule has 94 valence electrons. The van der Waals surface area contributed by atoms with Gasteiger partial charge in [-0.3, -0.25) is 9.48 Å². The predicted molar refractivity (Wildman–Crippen MR) is 67.7 cm³/mol. The van der Waals surface area contributed by atoms with Gasteiger partial charge in [-0.15, -0.1) is 0 Å². The van der Waals surface area contributed by atoms with Crippen LogP contribution in [0.3, 0.4) is 0 Å². The SMILES string of the molecule is Cn1cc(C(=O)C=Cc2ccc(F)c(C#N)c2)cn1. The van der Waals surface area contributed by atoms with Gasteiger partial charge in [-0.25, -0.2) is 4.39 Å². The van der Waals surface area contributed by atoms with E-state index in [9.17, 15) is 9.18 Å². The van der Waals surface area contributed by atoms with Crippen LogP contribution in [0.4, 0.5) is 4.39 Å². The molecular formula is C14H10FN3O. The Hall–Kier alpha value is -2.74. The molecule has 0 saturated heterocycles. The topological polar surface area (TPSA) is 58.7 Å². The van der Waals surface area contributed by atoms with Gasteiger partial charge >= 0.3 is 0 Å². The van der Waals surface area contributed by atoms with E-state index >= 15 is 0 Å². The van der Waals surface area contributed by atoms with Gasteiger partial charge in [-0.05, 0) is 23.8 Å². The molecule has 0 N–H and O–H groups in total. The number of benzene rings is 1. The fourth-order valence-corrected chi connectivity index (χ4v) is 1.55. The van der Waals surface area contributed by atoms with Crippen molar-refractivity contribution in [2.75, 3.05) is 0 Å². The molecule has 0 aliphatic carbocycles. The van der Waals surface area contributed by atoms with Crippen LogP contribution in [-0.4, -0.2) is 15.6 Å². The number of carbonyl (C=O) groups excluding carboxylic acids is 1. The lowest BCUT2D eigenvalue weighted by atomic mass is 10.1. The molecule has 0 aliphatic rings. The highest BCUT2D eigenvalue weighted by Crippen LogP contribution is 2.11. The van der Waals surface area contributed by atoms with Crippen LogP contribution in [0.1, 0.15) is 21.5 Å². The Labute approximate surface area is 109 Å². The Morgan fingerprint density at radius 1 is 1.53 bits per heavy atom. The summed E-state index contributed by atoms with van der Waals surface area (Å²) in [5.74, 6) is -0.769. The molecule has 4 nitrogen and oxygen atoms in total. The normalized spacial score (nSPS) is 10.6. The molecule has 0 fully saturated rings. The Morgan fingerprint density at radius 3 is 2.95 bits per heavy atom. The molecule has 0 spiro atoms. The third-order valence-corrected chi connectivity index (χ3v) is 2.53. The van der Waals surface area contributed by atoms with Gasteiger partial charge in [-0.2, -0.15) is 10.4 Å². The third-order valence-electron chi connectivity index (χ3n) is 2.53. The van der Waals surface area contributed by atoms with Gasteiger partial charge in [0.2, 0.25) is 0 Å². The van der Waals surface area contributed by atoms with Crippen molar-refractivity contribution in [1.29, 1.82) is 5.26 Å². The molecule has 0 amide bonds. The number of nitrogens with zero attached hydrogens (tertiary/aromatic N) is 3. The van der Waals surface area contributed by atoms with Gasteiger partial charge in [0.25, 0.3) is 0 Å². The van der Waals surface area contributed by atoms with E-state index in [1.807, 2.05) is 0 Å². The molecule has 0 aliphatic heterocycles. The molecule has 1 aromatic heterocycles. The van der Waals surface area contributed by atoms with Gasteiger partial charge in [0.1, 0.15) is 11.9 Å². The number of hydrogen-bond acceptors (Lipinski definition) is 3. The highest BCUT2D eigenvalue weighted by atomic mass is 19.1. The molecule has 2 aromatic rings. The predicted octanol–water partition coefficient (Wildman–Crippen LogP) is 2.33. The summed E-state index contributed by atoms with van der Waals surface area (Å²) in [5, 5.41) is 12.6. The Morgan fingerprint density at radius 2 is 2.32 bits per heavy atom. The average molecular weight is 255 g/mol. The van der Waals surface area contributed by atoms with Gasteiger partial charge in [0, 0.05) is 13.2 Å². The minimum atomic E-state index is -0.571. The second-order valence-corrected chi connectivity index (χ2v) is 3.95. The lowest BCUT2D eigenvalue weighted by molar-refractivity contribution is 0.104. The number of aryl methyl sites for hydroxylation is 1.